The number of aliphatic hydroxyl groups is 1. The molecule has 0 spiro atoms. The summed E-state index contributed by atoms with van der Waals surface area (Å²) in [4.78, 5) is 11.9. The van der Waals surface area contributed by atoms with Crippen molar-refractivity contribution in [1.29, 1.82) is 0 Å². The monoisotopic (exact) mass is 365 g/mol. The summed E-state index contributed by atoms with van der Waals surface area (Å²) in [6.07, 6.45) is 3.20. The number of rotatable bonds is 10. The highest BCUT2D eigenvalue weighted by Gasteiger charge is 2.12. The van der Waals surface area contributed by atoms with E-state index >= 15 is 0 Å². The van der Waals surface area contributed by atoms with Crippen LogP contribution in [0.15, 0.2) is 41.0 Å². The van der Waals surface area contributed by atoms with E-state index in [1.54, 1.807) is 12.3 Å². The summed E-state index contributed by atoms with van der Waals surface area (Å²) >= 11 is 5.97. The van der Waals surface area contributed by atoms with E-state index in [2.05, 4.69) is 5.32 Å². The lowest BCUT2D eigenvalue weighted by Crippen LogP contribution is -2.31. The first-order chi connectivity index (χ1) is 12.1. The zero-order valence-electron chi connectivity index (χ0n) is 14.3. The van der Waals surface area contributed by atoms with E-state index in [4.69, 9.17) is 20.8 Å². The van der Waals surface area contributed by atoms with Gasteiger partial charge in [-0.15, -0.1) is 0 Å². The van der Waals surface area contributed by atoms with E-state index in [1.165, 1.54) is 0 Å². The number of benzene rings is 1. The van der Waals surface area contributed by atoms with Gasteiger partial charge in [-0.05, 0) is 49.2 Å². The molecule has 0 radical (unpaired) electrons. The number of carbonyl (C=O) groups is 1. The Balaban J connectivity index is 1.62. The number of carbonyl (C=O) groups excluding carboxylic acids is 1. The van der Waals surface area contributed by atoms with Gasteiger partial charge >= 0.3 is 0 Å². The topological polar surface area (TPSA) is 71.7 Å². The Labute approximate surface area is 152 Å². The quantitative estimate of drug-likeness (QED) is 0.633. The molecule has 1 aromatic heterocycles. The van der Waals surface area contributed by atoms with Crippen LogP contribution in [-0.4, -0.2) is 30.8 Å². The van der Waals surface area contributed by atoms with Gasteiger partial charge in [-0.25, -0.2) is 0 Å². The molecule has 0 aliphatic heterocycles. The summed E-state index contributed by atoms with van der Waals surface area (Å²) in [7, 11) is 0. The van der Waals surface area contributed by atoms with Crippen LogP contribution >= 0.6 is 11.6 Å². The number of nitrogens with one attached hydrogen (secondary N) is 1. The molecule has 2 aromatic rings. The highest BCUT2D eigenvalue weighted by molar-refractivity contribution is 6.31. The molecule has 2 N–H and O–H groups in total. The summed E-state index contributed by atoms with van der Waals surface area (Å²) in [5.41, 5.74) is 0.962. The van der Waals surface area contributed by atoms with Gasteiger partial charge in [0.25, 0.3) is 0 Å². The Morgan fingerprint density at radius 1 is 1.40 bits per heavy atom. The van der Waals surface area contributed by atoms with Gasteiger partial charge in [0.2, 0.25) is 5.91 Å². The van der Waals surface area contributed by atoms with Crippen LogP contribution in [0.3, 0.4) is 0 Å². The molecule has 1 aromatic carbocycles. The first kappa shape index (κ1) is 19.3. The molecule has 0 aliphatic carbocycles. The summed E-state index contributed by atoms with van der Waals surface area (Å²) in [6.45, 7) is 2.81. The van der Waals surface area contributed by atoms with Gasteiger partial charge in [-0.1, -0.05) is 11.6 Å². The SMILES string of the molecule is Cc1cc(OCCCC(=O)NC[C@@H](CO)Cc2ccco2)ccc1Cl. The zero-order valence-corrected chi connectivity index (χ0v) is 15.1. The summed E-state index contributed by atoms with van der Waals surface area (Å²) in [5.74, 6) is 1.46. The van der Waals surface area contributed by atoms with Crippen molar-refractivity contribution in [2.45, 2.75) is 26.2 Å². The van der Waals surface area contributed by atoms with E-state index in [9.17, 15) is 9.90 Å². The fourth-order valence-electron chi connectivity index (χ4n) is 2.39. The number of aryl methyl sites for hydroxylation is 1. The van der Waals surface area contributed by atoms with E-state index < -0.39 is 0 Å². The van der Waals surface area contributed by atoms with Crippen molar-refractivity contribution in [3.05, 3.63) is 52.9 Å². The molecule has 136 valence electrons. The third-order valence-corrected chi connectivity index (χ3v) is 4.29. The molecule has 0 saturated carbocycles. The van der Waals surface area contributed by atoms with Gasteiger partial charge in [-0.3, -0.25) is 4.79 Å². The van der Waals surface area contributed by atoms with Gasteiger partial charge in [-0.2, -0.15) is 0 Å². The van der Waals surface area contributed by atoms with Crippen LogP contribution in [0.5, 0.6) is 5.75 Å². The molecular formula is C19H24ClNO4. The smallest absolute Gasteiger partial charge is 0.220 e. The molecule has 5 nitrogen and oxygen atoms in total. The van der Waals surface area contributed by atoms with Gasteiger partial charge < -0.3 is 19.6 Å². The molecule has 2 rings (SSSR count). The number of hydrogen-bond donors (Lipinski definition) is 2. The van der Waals surface area contributed by atoms with Gasteiger partial charge in [0.15, 0.2) is 0 Å². The molecule has 0 aliphatic rings. The van der Waals surface area contributed by atoms with E-state index in [0.717, 1.165) is 17.1 Å². The largest absolute Gasteiger partial charge is 0.494 e. The Morgan fingerprint density at radius 3 is 2.92 bits per heavy atom. The van der Waals surface area contributed by atoms with Crippen LogP contribution in [0.2, 0.25) is 5.02 Å². The number of hydrogen-bond acceptors (Lipinski definition) is 4. The number of ether oxygens (including phenoxy) is 1. The molecule has 25 heavy (non-hydrogen) atoms. The fraction of sp³-hybridized carbons (Fsp3) is 0.421. The van der Waals surface area contributed by atoms with E-state index in [1.807, 2.05) is 31.2 Å². The van der Waals surface area contributed by atoms with Crippen molar-refractivity contribution < 1.29 is 19.1 Å². The average Bonchev–Trinajstić information content (AvgIpc) is 3.11. The number of amides is 1. The molecule has 1 amide bonds. The molecule has 0 unspecified atom stereocenters. The second kappa shape index (κ2) is 10.1. The lowest BCUT2D eigenvalue weighted by atomic mass is 10.1. The second-order valence-electron chi connectivity index (χ2n) is 6.00. The molecular weight excluding hydrogens is 342 g/mol. The first-order valence-electron chi connectivity index (χ1n) is 8.37. The maximum atomic E-state index is 11.9. The Hall–Kier alpha value is -1.98. The molecule has 0 bridgehead atoms. The molecule has 0 fully saturated rings. The molecule has 0 saturated heterocycles. The average molecular weight is 366 g/mol. The van der Waals surface area contributed by atoms with E-state index in [-0.39, 0.29) is 18.4 Å². The minimum absolute atomic E-state index is 0.00000889. The minimum Gasteiger partial charge on any atom is -0.494 e. The van der Waals surface area contributed by atoms with Crippen LogP contribution in [-0.2, 0) is 11.2 Å². The van der Waals surface area contributed by atoms with E-state index in [0.29, 0.717) is 37.4 Å². The van der Waals surface area contributed by atoms with Crippen molar-refractivity contribution in [2.24, 2.45) is 5.92 Å². The van der Waals surface area contributed by atoms with Gasteiger partial charge in [0, 0.05) is 36.9 Å². The third kappa shape index (κ3) is 6.80. The van der Waals surface area contributed by atoms with Gasteiger partial charge in [0.05, 0.1) is 12.9 Å². The number of furan rings is 1. The van der Waals surface area contributed by atoms with Crippen molar-refractivity contribution in [3.8, 4) is 5.75 Å². The highest BCUT2D eigenvalue weighted by atomic mass is 35.5. The van der Waals surface area contributed by atoms with Crippen LogP contribution in [0.25, 0.3) is 0 Å². The standard InChI is InChI=1S/C19H24ClNO4/c1-14-10-17(6-7-18(14)20)25-9-3-5-19(23)21-12-15(13-22)11-16-4-2-8-24-16/h2,4,6-8,10,15,22H,3,5,9,11-13H2,1H3,(H,21,23)/t15-/m0/s1. The summed E-state index contributed by atoms with van der Waals surface area (Å²) in [5, 5.41) is 13.0. The van der Waals surface area contributed by atoms with Crippen LogP contribution < -0.4 is 10.1 Å². The van der Waals surface area contributed by atoms with Crippen LogP contribution in [0.1, 0.15) is 24.2 Å². The van der Waals surface area contributed by atoms with Crippen LogP contribution in [0, 0.1) is 12.8 Å². The Morgan fingerprint density at radius 2 is 2.24 bits per heavy atom. The lowest BCUT2D eigenvalue weighted by Gasteiger charge is -2.14. The predicted octanol–water partition coefficient (Wildman–Crippen LogP) is 3.37. The van der Waals surface area contributed by atoms with Gasteiger partial charge in [0.1, 0.15) is 11.5 Å². The molecule has 1 atom stereocenters. The first-order valence-corrected chi connectivity index (χ1v) is 8.75. The van der Waals surface area contributed by atoms with Crippen molar-refractivity contribution in [1.82, 2.24) is 5.32 Å². The van der Waals surface area contributed by atoms with Crippen molar-refractivity contribution >= 4 is 17.5 Å². The van der Waals surface area contributed by atoms with Crippen molar-refractivity contribution in [3.63, 3.8) is 0 Å². The van der Waals surface area contributed by atoms with Crippen LogP contribution in [0.4, 0.5) is 0 Å². The summed E-state index contributed by atoms with van der Waals surface area (Å²) in [6, 6.07) is 9.16. The second-order valence-corrected chi connectivity index (χ2v) is 6.41. The van der Waals surface area contributed by atoms with Crippen molar-refractivity contribution in [2.75, 3.05) is 19.8 Å². The highest BCUT2D eigenvalue weighted by Crippen LogP contribution is 2.21. The zero-order chi connectivity index (χ0) is 18.1. The molecule has 6 heteroatoms. The minimum atomic E-state index is -0.0524. The normalized spacial score (nSPS) is 12.0. The maximum Gasteiger partial charge on any atom is 0.220 e. The number of halogens is 1. The third-order valence-electron chi connectivity index (χ3n) is 3.86. The summed E-state index contributed by atoms with van der Waals surface area (Å²) < 4.78 is 10.9. The fourth-order valence-corrected chi connectivity index (χ4v) is 2.51. The number of aliphatic hydroxyl groups excluding tert-OH is 1. The Bertz CT molecular complexity index is 657. The predicted molar refractivity (Wildman–Crippen MR) is 96.9 cm³/mol. The lowest BCUT2D eigenvalue weighted by molar-refractivity contribution is -0.121. The maximum absolute atomic E-state index is 11.9. The molecule has 1 heterocycles. The Kier molecular flexibility index (Phi) is 7.82.